The molecule has 3 heteroatoms. The molecule has 0 aliphatic heterocycles. The van der Waals surface area contributed by atoms with E-state index in [1.54, 1.807) is 0 Å². The normalized spacial score (nSPS) is 40.8. The van der Waals surface area contributed by atoms with E-state index < -0.39 is 11.5 Å². The molecule has 128 valence electrons. The minimum absolute atomic E-state index is 0.0904. The van der Waals surface area contributed by atoms with Crippen LogP contribution in [-0.4, -0.2) is 28.7 Å². The first-order chi connectivity index (χ1) is 10.7. The Morgan fingerprint density at radius 1 is 1.26 bits per heavy atom. The van der Waals surface area contributed by atoms with Crippen molar-refractivity contribution in [1.29, 1.82) is 0 Å². The molecule has 23 heavy (non-hydrogen) atoms. The predicted octanol–water partition coefficient (Wildman–Crippen LogP) is 3.41. The number of aliphatic hydroxyl groups is 2. The molecule has 1 fully saturated rings. The van der Waals surface area contributed by atoms with Crippen molar-refractivity contribution in [2.75, 3.05) is 6.61 Å². The van der Waals surface area contributed by atoms with Gasteiger partial charge in [0, 0.05) is 5.41 Å². The Hall–Kier alpha value is -0.930. The molecule has 0 saturated heterocycles. The minimum atomic E-state index is -0.709. The van der Waals surface area contributed by atoms with Gasteiger partial charge in [0.25, 0.3) is 0 Å². The van der Waals surface area contributed by atoms with Gasteiger partial charge in [-0.05, 0) is 61.0 Å². The first-order valence-corrected chi connectivity index (χ1v) is 9.00. The average molecular weight is 318 g/mol. The van der Waals surface area contributed by atoms with E-state index in [1.807, 2.05) is 0 Å². The largest absolute Gasteiger partial charge is 0.392 e. The van der Waals surface area contributed by atoms with E-state index in [4.69, 9.17) is 0 Å². The molecule has 1 saturated carbocycles. The number of hydrogen-bond acceptors (Lipinski definition) is 3. The summed E-state index contributed by atoms with van der Waals surface area (Å²) in [4.78, 5) is 12.9. The van der Waals surface area contributed by atoms with Crippen molar-refractivity contribution >= 4 is 5.78 Å². The molecule has 3 aliphatic rings. The summed E-state index contributed by atoms with van der Waals surface area (Å²) in [7, 11) is 0. The topological polar surface area (TPSA) is 57.5 Å². The Morgan fingerprint density at radius 2 is 1.96 bits per heavy atom. The van der Waals surface area contributed by atoms with Gasteiger partial charge in [-0.25, -0.2) is 0 Å². The maximum atomic E-state index is 12.9. The lowest BCUT2D eigenvalue weighted by Crippen LogP contribution is -2.44. The Kier molecular flexibility index (Phi) is 4.09. The lowest BCUT2D eigenvalue weighted by atomic mass is 9.54. The third kappa shape index (κ3) is 2.44. The van der Waals surface area contributed by atoms with Gasteiger partial charge in [-0.15, -0.1) is 0 Å². The lowest BCUT2D eigenvalue weighted by molar-refractivity contribution is -0.127. The molecule has 0 unspecified atom stereocenters. The summed E-state index contributed by atoms with van der Waals surface area (Å²) < 4.78 is 0. The Morgan fingerprint density at radius 3 is 2.57 bits per heavy atom. The van der Waals surface area contributed by atoms with Crippen LogP contribution in [-0.2, 0) is 4.79 Å². The fourth-order valence-electron chi connectivity index (χ4n) is 5.23. The van der Waals surface area contributed by atoms with Crippen molar-refractivity contribution in [3.05, 3.63) is 22.8 Å². The van der Waals surface area contributed by atoms with Crippen LogP contribution >= 0.6 is 0 Å². The monoisotopic (exact) mass is 318 g/mol. The molecule has 0 radical (unpaired) electrons. The van der Waals surface area contributed by atoms with Gasteiger partial charge >= 0.3 is 0 Å². The number of carbonyl (C=O) groups is 1. The molecule has 0 aromatic carbocycles. The molecule has 2 N–H and O–H groups in total. The van der Waals surface area contributed by atoms with Crippen LogP contribution in [0.15, 0.2) is 22.8 Å². The van der Waals surface area contributed by atoms with E-state index >= 15 is 0 Å². The molecule has 0 aromatic rings. The van der Waals surface area contributed by atoms with Crippen molar-refractivity contribution in [2.24, 2.45) is 22.7 Å². The minimum Gasteiger partial charge on any atom is -0.392 e. The van der Waals surface area contributed by atoms with Crippen LogP contribution < -0.4 is 0 Å². The SMILES string of the molecule is CC(C)C1=C2[C@H]3C[C@@H](O)C(CO)=CC(=O)[C@]3(C)CC[C@@]2(C)CC1. The van der Waals surface area contributed by atoms with Gasteiger partial charge in [-0.1, -0.05) is 38.8 Å². The second kappa shape index (κ2) is 5.56. The predicted molar refractivity (Wildman–Crippen MR) is 90.8 cm³/mol. The fraction of sp³-hybridized carbons (Fsp3) is 0.750. The lowest BCUT2D eigenvalue weighted by Gasteiger charge is -2.49. The number of carbonyl (C=O) groups excluding carboxylic acids is 1. The summed E-state index contributed by atoms with van der Waals surface area (Å²) in [6.07, 6.45) is 5.61. The molecular weight excluding hydrogens is 288 g/mol. The van der Waals surface area contributed by atoms with Gasteiger partial charge in [0.2, 0.25) is 0 Å². The van der Waals surface area contributed by atoms with Gasteiger partial charge < -0.3 is 10.2 Å². The fourth-order valence-corrected chi connectivity index (χ4v) is 5.23. The third-order valence-electron chi connectivity index (χ3n) is 6.90. The number of allylic oxidation sites excluding steroid dienone is 3. The standard InChI is InChI=1S/C20H30O3/c1-12(2)14-5-6-19(3)7-8-20(4)15(18(14)19)10-16(22)13(11-21)9-17(20)23/h9,12,15-16,21-22H,5-8,10-11H2,1-4H3/t15-,16-,19-,20-/m1/s1. The van der Waals surface area contributed by atoms with Crippen LogP contribution in [0.1, 0.15) is 59.8 Å². The van der Waals surface area contributed by atoms with Crippen LogP contribution in [0, 0.1) is 22.7 Å². The van der Waals surface area contributed by atoms with Gasteiger partial charge in [0.1, 0.15) is 0 Å². The highest BCUT2D eigenvalue weighted by atomic mass is 16.3. The zero-order valence-corrected chi connectivity index (χ0v) is 14.9. The number of hydrogen-bond donors (Lipinski definition) is 2. The number of fused-ring (bicyclic) bond motifs is 3. The number of rotatable bonds is 2. The van der Waals surface area contributed by atoms with Crippen molar-refractivity contribution in [2.45, 2.75) is 65.9 Å². The molecule has 3 rings (SSSR count). The molecule has 3 aliphatic carbocycles. The first-order valence-electron chi connectivity index (χ1n) is 9.00. The Labute approximate surface area is 139 Å². The van der Waals surface area contributed by atoms with Crippen molar-refractivity contribution in [3.8, 4) is 0 Å². The zero-order chi connectivity index (χ0) is 17.0. The summed E-state index contributed by atoms with van der Waals surface area (Å²) in [5.41, 5.74) is 3.21. The maximum Gasteiger partial charge on any atom is 0.162 e. The van der Waals surface area contributed by atoms with Crippen LogP contribution in [0.3, 0.4) is 0 Å². The van der Waals surface area contributed by atoms with Gasteiger partial charge in [0.15, 0.2) is 5.78 Å². The van der Waals surface area contributed by atoms with Crippen LogP contribution in [0.2, 0.25) is 0 Å². The summed E-state index contributed by atoms with van der Waals surface area (Å²) in [6, 6.07) is 0. The maximum absolute atomic E-state index is 12.9. The van der Waals surface area contributed by atoms with Crippen molar-refractivity contribution < 1.29 is 15.0 Å². The molecule has 0 heterocycles. The van der Waals surface area contributed by atoms with Crippen LogP contribution in [0.4, 0.5) is 0 Å². The first kappa shape index (κ1) is 16.9. The number of ketones is 1. The van der Waals surface area contributed by atoms with Crippen molar-refractivity contribution in [1.82, 2.24) is 0 Å². The van der Waals surface area contributed by atoms with Gasteiger partial charge in [-0.2, -0.15) is 0 Å². The molecule has 0 bridgehead atoms. The zero-order valence-electron chi connectivity index (χ0n) is 14.9. The Bertz CT molecular complexity index is 586. The average Bonchev–Trinajstić information content (AvgIpc) is 2.81. The second-order valence-electron chi connectivity index (χ2n) is 8.62. The summed E-state index contributed by atoms with van der Waals surface area (Å²) in [5, 5.41) is 20.1. The van der Waals surface area contributed by atoms with Gasteiger partial charge in [-0.3, -0.25) is 4.79 Å². The molecular formula is C20H30O3. The highest BCUT2D eigenvalue weighted by Crippen LogP contribution is 2.62. The van der Waals surface area contributed by atoms with E-state index in [0.717, 1.165) is 19.3 Å². The van der Waals surface area contributed by atoms with Gasteiger partial charge in [0.05, 0.1) is 12.7 Å². The smallest absolute Gasteiger partial charge is 0.162 e. The summed E-state index contributed by atoms with van der Waals surface area (Å²) in [5.74, 6) is 0.687. The molecule has 0 amide bonds. The molecule has 3 nitrogen and oxygen atoms in total. The summed E-state index contributed by atoms with van der Waals surface area (Å²) >= 11 is 0. The molecule has 0 aromatic heterocycles. The van der Waals surface area contributed by atoms with Crippen molar-refractivity contribution in [3.63, 3.8) is 0 Å². The summed E-state index contributed by atoms with van der Waals surface area (Å²) in [6.45, 7) is 8.67. The van der Waals surface area contributed by atoms with E-state index in [1.165, 1.54) is 23.6 Å². The van der Waals surface area contributed by atoms with E-state index in [0.29, 0.717) is 17.9 Å². The van der Waals surface area contributed by atoms with E-state index in [2.05, 4.69) is 27.7 Å². The van der Waals surface area contributed by atoms with Crippen LogP contribution in [0.5, 0.6) is 0 Å². The highest BCUT2D eigenvalue weighted by molar-refractivity contribution is 5.96. The molecule has 4 atom stereocenters. The quantitative estimate of drug-likeness (QED) is 0.767. The second-order valence-corrected chi connectivity index (χ2v) is 8.62. The molecule has 0 spiro atoms. The van der Waals surface area contributed by atoms with E-state index in [9.17, 15) is 15.0 Å². The third-order valence-corrected chi connectivity index (χ3v) is 6.90. The van der Waals surface area contributed by atoms with E-state index in [-0.39, 0.29) is 23.7 Å². The Balaban J connectivity index is 2.13. The van der Waals surface area contributed by atoms with Crippen LogP contribution in [0.25, 0.3) is 0 Å². The highest BCUT2D eigenvalue weighted by Gasteiger charge is 2.55. The number of aliphatic hydroxyl groups excluding tert-OH is 2.